The largest absolute Gasteiger partial charge is 0.356 e. The zero-order valence-electron chi connectivity index (χ0n) is 9.82. The van der Waals surface area contributed by atoms with E-state index >= 15 is 0 Å². The Morgan fingerprint density at radius 1 is 1.62 bits per heavy atom. The third-order valence-electron chi connectivity index (χ3n) is 2.23. The molecule has 4 nitrogen and oxygen atoms in total. The van der Waals surface area contributed by atoms with Crippen molar-refractivity contribution in [3.8, 4) is 0 Å². The van der Waals surface area contributed by atoms with Crippen molar-refractivity contribution in [2.45, 2.75) is 32.7 Å². The summed E-state index contributed by atoms with van der Waals surface area (Å²) in [4.78, 5) is 15.6. The highest BCUT2D eigenvalue weighted by molar-refractivity contribution is 7.07. The van der Waals surface area contributed by atoms with Gasteiger partial charge < -0.3 is 10.6 Å². The van der Waals surface area contributed by atoms with Crippen molar-refractivity contribution in [1.29, 1.82) is 0 Å². The molecule has 0 aliphatic rings. The molecule has 1 aromatic rings. The lowest BCUT2D eigenvalue weighted by Gasteiger charge is -2.11. The molecule has 1 unspecified atom stereocenters. The van der Waals surface area contributed by atoms with E-state index < -0.39 is 0 Å². The maximum atomic E-state index is 11.5. The fraction of sp³-hybridized carbons (Fsp3) is 0.636. The number of thiazole rings is 1. The molecule has 0 radical (unpaired) electrons. The summed E-state index contributed by atoms with van der Waals surface area (Å²) in [5.74, 6) is 0.101. The summed E-state index contributed by atoms with van der Waals surface area (Å²) in [6.45, 7) is 5.62. The Hall–Kier alpha value is -0.940. The van der Waals surface area contributed by atoms with Crippen molar-refractivity contribution < 1.29 is 4.79 Å². The van der Waals surface area contributed by atoms with Crippen molar-refractivity contribution in [2.75, 3.05) is 13.1 Å². The Labute approximate surface area is 100 Å². The standard InChI is InChI=1S/C11H19N3OS/c1-3-12-9(2)6-11(15)13-5-4-10-7-16-8-14-10/h7-9,12H,3-6H2,1-2H3,(H,13,15). The number of nitrogens with one attached hydrogen (secondary N) is 2. The van der Waals surface area contributed by atoms with E-state index in [0.717, 1.165) is 18.7 Å². The molecule has 0 aliphatic carbocycles. The molecule has 1 atom stereocenters. The van der Waals surface area contributed by atoms with E-state index in [0.29, 0.717) is 13.0 Å². The lowest BCUT2D eigenvalue weighted by atomic mass is 10.2. The summed E-state index contributed by atoms with van der Waals surface area (Å²) in [6.07, 6.45) is 1.34. The quantitative estimate of drug-likeness (QED) is 0.754. The average Bonchev–Trinajstić information content (AvgIpc) is 2.70. The minimum absolute atomic E-state index is 0.101. The Balaban J connectivity index is 2.10. The molecule has 0 aromatic carbocycles. The Morgan fingerprint density at radius 2 is 2.44 bits per heavy atom. The van der Waals surface area contributed by atoms with Crippen LogP contribution >= 0.6 is 11.3 Å². The van der Waals surface area contributed by atoms with E-state index in [4.69, 9.17) is 0 Å². The predicted molar refractivity (Wildman–Crippen MR) is 66.6 cm³/mol. The van der Waals surface area contributed by atoms with E-state index in [-0.39, 0.29) is 11.9 Å². The van der Waals surface area contributed by atoms with Gasteiger partial charge in [0.1, 0.15) is 0 Å². The molecule has 90 valence electrons. The van der Waals surface area contributed by atoms with Gasteiger partial charge in [0.25, 0.3) is 0 Å². The number of amides is 1. The molecule has 1 heterocycles. The minimum atomic E-state index is 0.101. The third-order valence-corrected chi connectivity index (χ3v) is 2.87. The molecule has 0 aliphatic heterocycles. The normalized spacial score (nSPS) is 12.4. The van der Waals surface area contributed by atoms with Crippen molar-refractivity contribution >= 4 is 17.2 Å². The van der Waals surface area contributed by atoms with Gasteiger partial charge in [-0.3, -0.25) is 4.79 Å². The van der Waals surface area contributed by atoms with Gasteiger partial charge in [-0.2, -0.15) is 0 Å². The lowest BCUT2D eigenvalue weighted by molar-refractivity contribution is -0.121. The lowest BCUT2D eigenvalue weighted by Crippen LogP contribution is -2.34. The van der Waals surface area contributed by atoms with Gasteiger partial charge in [0, 0.05) is 30.8 Å². The molecule has 0 spiro atoms. The van der Waals surface area contributed by atoms with Crippen LogP contribution in [-0.2, 0) is 11.2 Å². The first kappa shape index (κ1) is 13.1. The summed E-state index contributed by atoms with van der Waals surface area (Å²) in [5.41, 5.74) is 2.86. The highest BCUT2D eigenvalue weighted by Crippen LogP contribution is 2.00. The summed E-state index contributed by atoms with van der Waals surface area (Å²) >= 11 is 1.58. The molecule has 2 N–H and O–H groups in total. The van der Waals surface area contributed by atoms with Crippen LogP contribution in [0, 0.1) is 0 Å². The van der Waals surface area contributed by atoms with Gasteiger partial charge >= 0.3 is 0 Å². The summed E-state index contributed by atoms with van der Waals surface area (Å²) in [7, 11) is 0. The van der Waals surface area contributed by atoms with Gasteiger partial charge in [-0.05, 0) is 13.5 Å². The van der Waals surface area contributed by atoms with Crippen molar-refractivity contribution in [3.63, 3.8) is 0 Å². The maximum Gasteiger partial charge on any atom is 0.221 e. The molecule has 0 saturated heterocycles. The van der Waals surface area contributed by atoms with Crippen LogP contribution in [0.5, 0.6) is 0 Å². The van der Waals surface area contributed by atoms with Gasteiger partial charge in [-0.1, -0.05) is 6.92 Å². The zero-order chi connectivity index (χ0) is 11.8. The average molecular weight is 241 g/mol. The second-order valence-electron chi connectivity index (χ2n) is 3.74. The van der Waals surface area contributed by atoms with Gasteiger partial charge in [0.2, 0.25) is 5.91 Å². The van der Waals surface area contributed by atoms with Crippen LogP contribution in [0.3, 0.4) is 0 Å². The fourth-order valence-electron chi connectivity index (χ4n) is 1.46. The van der Waals surface area contributed by atoms with Crippen molar-refractivity contribution in [2.24, 2.45) is 0 Å². The van der Waals surface area contributed by atoms with Gasteiger partial charge in [-0.15, -0.1) is 11.3 Å². The van der Waals surface area contributed by atoms with Gasteiger partial charge in [-0.25, -0.2) is 4.98 Å². The summed E-state index contributed by atoms with van der Waals surface area (Å²) in [5, 5.41) is 8.11. The van der Waals surface area contributed by atoms with E-state index in [1.165, 1.54) is 0 Å². The number of nitrogens with zero attached hydrogens (tertiary/aromatic N) is 1. The van der Waals surface area contributed by atoms with Crippen LogP contribution in [0.25, 0.3) is 0 Å². The first-order chi connectivity index (χ1) is 7.72. The number of hydrogen-bond acceptors (Lipinski definition) is 4. The second-order valence-corrected chi connectivity index (χ2v) is 4.46. The molecular weight excluding hydrogens is 222 g/mol. The monoisotopic (exact) mass is 241 g/mol. The minimum Gasteiger partial charge on any atom is -0.356 e. The molecular formula is C11H19N3OS. The number of carbonyl (C=O) groups excluding carboxylic acids is 1. The van der Waals surface area contributed by atoms with Gasteiger partial charge in [0.05, 0.1) is 11.2 Å². The molecule has 1 amide bonds. The molecule has 1 aromatic heterocycles. The number of rotatable bonds is 7. The fourth-order valence-corrected chi connectivity index (χ4v) is 2.05. The number of hydrogen-bond donors (Lipinski definition) is 2. The number of carbonyl (C=O) groups is 1. The molecule has 5 heteroatoms. The summed E-state index contributed by atoms with van der Waals surface area (Å²) in [6, 6.07) is 0.240. The van der Waals surface area contributed by atoms with E-state index in [9.17, 15) is 4.79 Å². The molecule has 0 fully saturated rings. The smallest absolute Gasteiger partial charge is 0.221 e. The molecule has 1 rings (SSSR count). The van der Waals surface area contributed by atoms with Crippen LogP contribution in [-0.4, -0.2) is 30.0 Å². The van der Waals surface area contributed by atoms with Gasteiger partial charge in [0.15, 0.2) is 0 Å². The van der Waals surface area contributed by atoms with E-state index in [1.807, 2.05) is 24.7 Å². The van der Waals surface area contributed by atoms with Crippen LogP contribution in [0.4, 0.5) is 0 Å². The Morgan fingerprint density at radius 3 is 3.06 bits per heavy atom. The Bertz CT molecular complexity index is 300. The van der Waals surface area contributed by atoms with Crippen molar-refractivity contribution in [3.05, 3.63) is 16.6 Å². The highest BCUT2D eigenvalue weighted by Gasteiger charge is 2.07. The van der Waals surface area contributed by atoms with Crippen LogP contribution in [0.2, 0.25) is 0 Å². The SMILES string of the molecule is CCNC(C)CC(=O)NCCc1cscn1. The summed E-state index contributed by atoms with van der Waals surface area (Å²) < 4.78 is 0. The topological polar surface area (TPSA) is 54.0 Å². The molecule has 0 saturated carbocycles. The first-order valence-electron chi connectivity index (χ1n) is 5.59. The van der Waals surface area contributed by atoms with Crippen LogP contribution in [0.15, 0.2) is 10.9 Å². The molecule has 0 bridgehead atoms. The van der Waals surface area contributed by atoms with E-state index in [2.05, 4.69) is 15.6 Å². The predicted octanol–water partition coefficient (Wildman–Crippen LogP) is 1.19. The second kappa shape index (κ2) is 7.35. The van der Waals surface area contributed by atoms with E-state index in [1.54, 1.807) is 11.3 Å². The van der Waals surface area contributed by atoms with Crippen LogP contribution < -0.4 is 10.6 Å². The highest BCUT2D eigenvalue weighted by atomic mass is 32.1. The van der Waals surface area contributed by atoms with Crippen molar-refractivity contribution in [1.82, 2.24) is 15.6 Å². The first-order valence-corrected chi connectivity index (χ1v) is 6.53. The number of aromatic nitrogens is 1. The zero-order valence-corrected chi connectivity index (χ0v) is 10.6. The molecule has 16 heavy (non-hydrogen) atoms. The maximum absolute atomic E-state index is 11.5. The third kappa shape index (κ3) is 5.23. The van der Waals surface area contributed by atoms with Crippen LogP contribution in [0.1, 0.15) is 26.0 Å². The Kier molecular flexibility index (Phi) is 6.03.